The van der Waals surface area contributed by atoms with Crippen LogP contribution in [0.4, 0.5) is 5.69 Å². The maximum Gasteiger partial charge on any atom is 0.187 e. The van der Waals surface area contributed by atoms with Gasteiger partial charge in [-0.05, 0) is 62.6 Å². The van der Waals surface area contributed by atoms with E-state index in [4.69, 9.17) is 6.57 Å². The van der Waals surface area contributed by atoms with Gasteiger partial charge in [0, 0.05) is 0 Å². The number of hydrogen-bond acceptors (Lipinski definition) is 2. The molecule has 0 atom stereocenters. The van der Waals surface area contributed by atoms with E-state index in [2.05, 4.69) is 17.0 Å². The normalized spacial score (nSPS) is 10.4. The van der Waals surface area contributed by atoms with Crippen molar-refractivity contribution < 1.29 is 0 Å². The average molecular weight is 303 g/mol. The van der Waals surface area contributed by atoms with E-state index in [0.29, 0.717) is 16.8 Å². The van der Waals surface area contributed by atoms with Gasteiger partial charge in [-0.25, -0.2) is 4.85 Å². The summed E-state index contributed by atoms with van der Waals surface area (Å²) < 4.78 is 0. The lowest BCUT2D eigenvalue weighted by atomic mass is 9.92. The number of fused-ring (bicyclic) bond motifs is 6. The van der Waals surface area contributed by atoms with E-state index in [-0.39, 0.29) is 0 Å². The smallest absolute Gasteiger partial charge is 0.187 e. The van der Waals surface area contributed by atoms with E-state index in [9.17, 15) is 10.5 Å². The third-order valence-corrected chi connectivity index (χ3v) is 4.30. The van der Waals surface area contributed by atoms with Gasteiger partial charge < -0.3 is 0 Å². The zero-order valence-corrected chi connectivity index (χ0v) is 12.5. The molecule has 0 heterocycles. The van der Waals surface area contributed by atoms with Crippen molar-refractivity contribution in [2.24, 2.45) is 0 Å². The molecule has 4 aromatic rings. The van der Waals surface area contributed by atoms with Gasteiger partial charge >= 0.3 is 0 Å². The second-order valence-corrected chi connectivity index (χ2v) is 5.59. The van der Waals surface area contributed by atoms with Crippen LogP contribution in [-0.4, -0.2) is 0 Å². The lowest BCUT2D eigenvalue weighted by Gasteiger charge is -2.11. The number of benzene rings is 4. The summed E-state index contributed by atoms with van der Waals surface area (Å²) >= 11 is 0. The van der Waals surface area contributed by atoms with Crippen LogP contribution in [0.15, 0.2) is 54.6 Å². The first-order valence-corrected chi connectivity index (χ1v) is 7.36. The summed E-state index contributed by atoms with van der Waals surface area (Å²) in [6.07, 6.45) is 0. The summed E-state index contributed by atoms with van der Waals surface area (Å²) in [6.45, 7) is 7.26. The van der Waals surface area contributed by atoms with Gasteiger partial charge in [-0.2, -0.15) is 10.5 Å². The Morgan fingerprint density at radius 3 is 1.54 bits per heavy atom. The van der Waals surface area contributed by atoms with Gasteiger partial charge in [0.25, 0.3) is 0 Å². The second kappa shape index (κ2) is 5.10. The molecular formula is C21H9N3. The van der Waals surface area contributed by atoms with Crippen molar-refractivity contribution in [1.82, 2.24) is 0 Å². The van der Waals surface area contributed by atoms with Gasteiger partial charge in [0.05, 0.1) is 29.8 Å². The molecule has 0 spiro atoms. The maximum absolute atomic E-state index is 9.21. The highest BCUT2D eigenvalue weighted by molar-refractivity contribution is 6.26. The minimum atomic E-state index is 0.573. The number of nitrogens with zero attached hydrogens (tertiary/aromatic N) is 3. The van der Waals surface area contributed by atoms with Gasteiger partial charge in [0.15, 0.2) is 5.69 Å². The molecule has 0 N–H and O–H groups in total. The van der Waals surface area contributed by atoms with Crippen molar-refractivity contribution in [3.05, 3.63) is 77.1 Å². The highest BCUT2D eigenvalue weighted by Crippen LogP contribution is 2.37. The van der Waals surface area contributed by atoms with Crippen LogP contribution in [-0.2, 0) is 0 Å². The van der Waals surface area contributed by atoms with Crippen LogP contribution in [0.25, 0.3) is 37.2 Å². The molecule has 0 amide bonds. The lowest BCUT2D eigenvalue weighted by Crippen LogP contribution is -1.86. The highest BCUT2D eigenvalue weighted by atomic mass is 14.6. The molecule has 0 unspecified atom stereocenters. The van der Waals surface area contributed by atoms with Gasteiger partial charge in [0.1, 0.15) is 0 Å². The third-order valence-electron chi connectivity index (χ3n) is 4.30. The molecule has 4 aromatic carbocycles. The Morgan fingerprint density at radius 1 is 0.625 bits per heavy atom. The predicted octanol–water partition coefficient (Wildman–Crippen LogP) is 5.44. The first kappa shape index (κ1) is 13.8. The highest BCUT2D eigenvalue weighted by Gasteiger charge is 2.10. The summed E-state index contributed by atoms with van der Waals surface area (Å²) in [5.74, 6) is 0. The Hall–Kier alpha value is -3.87. The molecule has 0 fully saturated rings. The van der Waals surface area contributed by atoms with Gasteiger partial charge in [-0.15, -0.1) is 0 Å². The van der Waals surface area contributed by atoms with Crippen molar-refractivity contribution in [2.45, 2.75) is 0 Å². The fourth-order valence-electron chi connectivity index (χ4n) is 3.20. The van der Waals surface area contributed by atoms with E-state index in [1.165, 1.54) is 0 Å². The summed E-state index contributed by atoms with van der Waals surface area (Å²) in [6, 6.07) is 21.1. The van der Waals surface area contributed by atoms with E-state index in [1.807, 2.05) is 36.4 Å². The number of rotatable bonds is 0. The largest absolute Gasteiger partial charge is 0.238 e. The van der Waals surface area contributed by atoms with Gasteiger partial charge in [0.2, 0.25) is 0 Å². The van der Waals surface area contributed by atoms with Crippen molar-refractivity contribution in [3.8, 4) is 12.1 Å². The molecule has 0 bridgehead atoms. The topological polar surface area (TPSA) is 51.9 Å². The Balaban J connectivity index is 2.33. The zero-order valence-electron chi connectivity index (χ0n) is 12.5. The molecule has 3 heteroatoms. The summed E-state index contributed by atoms with van der Waals surface area (Å²) in [5.41, 5.74) is 1.76. The predicted molar refractivity (Wildman–Crippen MR) is 94.7 cm³/mol. The minimum Gasteiger partial charge on any atom is -0.238 e. The molecular weight excluding hydrogens is 294 g/mol. The molecule has 0 radical (unpaired) electrons. The Morgan fingerprint density at radius 2 is 1.08 bits per heavy atom. The SMILES string of the molecule is [C-]#[N+]c1ccc2c3cc(C#N)ccc3c3cc(C#N)ccc3c2c1. The van der Waals surface area contributed by atoms with Gasteiger partial charge in [-0.3, -0.25) is 0 Å². The first-order valence-electron chi connectivity index (χ1n) is 7.36. The summed E-state index contributed by atoms with van der Waals surface area (Å²) in [5, 5.41) is 24.3. The number of hydrogen-bond donors (Lipinski definition) is 0. The van der Waals surface area contributed by atoms with Crippen LogP contribution in [0.1, 0.15) is 11.1 Å². The molecule has 0 aliphatic rings. The maximum atomic E-state index is 9.21. The molecule has 108 valence electrons. The molecule has 0 saturated carbocycles. The Kier molecular flexibility index (Phi) is 2.92. The minimum absolute atomic E-state index is 0.573. The first-order chi connectivity index (χ1) is 11.7. The van der Waals surface area contributed by atoms with Crippen molar-refractivity contribution in [1.29, 1.82) is 10.5 Å². The monoisotopic (exact) mass is 303 g/mol. The Bertz CT molecular complexity index is 1090. The molecule has 0 saturated heterocycles. The van der Waals surface area contributed by atoms with Crippen LogP contribution in [0, 0.1) is 29.2 Å². The molecule has 0 aromatic heterocycles. The van der Waals surface area contributed by atoms with Crippen LogP contribution in [0.5, 0.6) is 0 Å². The fraction of sp³-hybridized carbons (Fsp3) is 0. The van der Waals surface area contributed by atoms with Crippen molar-refractivity contribution in [3.63, 3.8) is 0 Å². The molecule has 0 aliphatic heterocycles. The Labute approximate surface area is 138 Å². The zero-order chi connectivity index (χ0) is 16.7. The van der Waals surface area contributed by atoms with E-state index >= 15 is 0 Å². The summed E-state index contributed by atoms with van der Waals surface area (Å²) in [7, 11) is 0. The van der Waals surface area contributed by atoms with E-state index in [0.717, 1.165) is 32.3 Å². The molecule has 24 heavy (non-hydrogen) atoms. The van der Waals surface area contributed by atoms with Crippen LogP contribution in [0.2, 0.25) is 0 Å². The van der Waals surface area contributed by atoms with Crippen LogP contribution < -0.4 is 0 Å². The third kappa shape index (κ3) is 1.88. The second-order valence-electron chi connectivity index (χ2n) is 5.59. The van der Waals surface area contributed by atoms with Gasteiger partial charge in [-0.1, -0.05) is 24.3 Å². The van der Waals surface area contributed by atoms with E-state index in [1.54, 1.807) is 18.2 Å². The summed E-state index contributed by atoms with van der Waals surface area (Å²) in [4.78, 5) is 3.52. The van der Waals surface area contributed by atoms with E-state index < -0.39 is 0 Å². The standard InChI is InChI=1S/C21H9N3/c1-24-15-4-7-18-20-9-13(11-22)2-5-16(20)19-8-14(12-23)3-6-17(19)21(18)10-15/h2-10H. The average Bonchev–Trinajstić information content (AvgIpc) is 2.66. The lowest BCUT2D eigenvalue weighted by molar-refractivity contribution is 1.49. The quantitative estimate of drug-likeness (QED) is 0.321. The van der Waals surface area contributed by atoms with Crippen LogP contribution >= 0.6 is 0 Å². The van der Waals surface area contributed by atoms with Crippen LogP contribution in [0.3, 0.4) is 0 Å². The van der Waals surface area contributed by atoms with Crippen molar-refractivity contribution >= 4 is 38.0 Å². The molecule has 0 aliphatic carbocycles. The van der Waals surface area contributed by atoms with Crippen molar-refractivity contribution in [2.75, 3.05) is 0 Å². The molecule has 3 nitrogen and oxygen atoms in total. The molecule has 4 rings (SSSR count). The fourth-order valence-corrected chi connectivity index (χ4v) is 3.20. The number of nitriles is 2.